The molecule has 3 amide bonds. The molecule has 3 aliphatic heterocycles. The number of carbonyl (C=O) groups excluding carboxylic acids is 3. The molecular weight excluding hydrogens is 794 g/mol. The second-order valence-electron chi connectivity index (χ2n) is 18.9. The maximum Gasteiger partial charge on any atom is 0.278 e. The first-order valence-corrected chi connectivity index (χ1v) is 21.8. The minimum absolute atomic E-state index is 0.101. The van der Waals surface area contributed by atoms with Gasteiger partial charge in [-0.1, -0.05) is 44.5 Å². The molecule has 1 spiro atoms. The van der Waals surface area contributed by atoms with Gasteiger partial charge in [0.1, 0.15) is 29.5 Å². The molecule has 318 valence electrons. The monoisotopic (exact) mass is 845 g/mol. The molecule has 9 rings (SSSR count). The second-order valence-corrected chi connectivity index (χ2v) is 19.3. The van der Waals surface area contributed by atoms with Gasteiger partial charge in [0.25, 0.3) is 17.4 Å². The van der Waals surface area contributed by atoms with Gasteiger partial charge in [0.15, 0.2) is 0 Å². The van der Waals surface area contributed by atoms with Crippen molar-refractivity contribution in [1.29, 1.82) is 5.26 Å². The highest BCUT2D eigenvalue weighted by Crippen LogP contribution is 2.56. The summed E-state index contributed by atoms with van der Waals surface area (Å²) in [6, 6.07) is 20.5. The smallest absolute Gasteiger partial charge is 0.278 e. The number of piperazine rings is 1. The fourth-order valence-corrected chi connectivity index (χ4v) is 11.4. The molecule has 2 aliphatic carbocycles. The van der Waals surface area contributed by atoms with Crippen molar-refractivity contribution in [2.45, 2.75) is 90.4 Å². The van der Waals surface area contributed by atoms with Gasteiger partial charge in [-0.3, -0.25) is 29.4 Å². The van der Waals surface area contributed by atoms with Gasteiger partial charge in [-0.05, 0) is 92.1 Å². The summed E-state index contributed by atoms with van der Waals surface area (Å²) >= 11 is 6.26. The van der Waals surface area contributed by atoms with E-state index in [0.717, 1.165) is 68.2 Å². The van der Waals surface area contributed by atoms with Crippen LogP contribution in [0, 0.1) is 27.6 Å². The number of ether oxygens (including phenoxy) is 1. The van der Waals surface area contributed by atoms with Crippen LogP contribution in [0.25, 0.3) is 10.9 Å². The maximum atomic E-state index is 13.5. The molecule has 14 nitrogen and oxygen atoms in total. The van der Waals surface area contributed by atoms with Crippen LogP contribution < -0.4 is 30.7 Å². The van der Waals surface area contributed by atoms with Crippen LogP contribution in [-0.4, -0.2) is 95.1 Å². The zero-order chi connectivity index (χ0) is 42.8. The number of halogens is 1. The molecule has 4 aromatic rings. The Morgan fingerprint density at radius 3 is 2.21 bits per heavy atom. The van der Waals surface area contributed by atoms with Crippen LogP contribution >= 0.6 is 11.6 Å². The number of hydrogen-bond acceptors (Lipinski definition) is 11. The largest absolute Gasteiger partial charge is 0.489 e. The Labute approximate surface area is 360 Å². The Kier molecular flexibility index (Phi) is 10.3. The predicted octanol–water partition coefficient (Wildman–Crippen LogP) is 5.48. The van der Waals surface area contributed by atoms with E-state index in [4.69, 9.17) is 16.3 Å². The van der Waals surface area contributed by atoms with E-state index in [1.165, 1.54) is 12.8 Å². The summed E-state index contributed by atoms with van der Waals surface area (Å²) in [4.78, 5) is 58.5. The van der Waals surface area contributed by atoms with Crippen LogP contribution in [0.1, 0.15) is 88.2 Å². The second kappa shape index (κ2) is 15.4. The molecule has 5 aliphatic rings. The van der Waals surface area contributed by atoms with Crippen molar-refractivity contribution in [2.75, 3.05) is 49.1 Å². The molecule has 1 atom stereocenters. The van der Waals surface area contributed by atoms with E-state index < -0.39 is 11.9 Å². The molecule has 3 saturated heterocycles. The van der Waals surface area contributed by atoms with Gasteiger partial charge >= 0.3 is 0 Å². The Morgan fingerprint density at radius 2 is 1.56 bits per heavy atom. The van der Waals surface area contributed by atoms with Crippen LogP contribution in [0.15, 0.2) is 65.5 Å². The van der Waals surface area contributed by atoms with E-state index in [2.05, 4.69) is 81.5 Å². The number of nitrogens with zero attached hydrogens (tertiary/aromatic N) is 7. The Morgan fingerprint density at radius 1 is 0.885 bits per heavy atom. The number of carbonyl (C=O) groups is 3. The number of amides is 3. The Hall–Kier alpha value is -5.52. The lowest BCUT2D eigenvalue weighted by Gasteiger charge is -2.63. The van der Waals surface area contributed by atoms with E-state index in [9.17, 15) is 24.4 Å². The SMILES string of the molecule is CC1(C)C(NC(=O)c2ccc(N3CCN(C4CC5(CCN(c6ccc7nnn(C8CCC(=O)NC8=O)c(=O)c7c6)CC5)C4)CC3)cc2)C(C)(C)C1Oc1ccc(C#N)c(Cl)c1. The van der Waals surface area contributed by atoms with Gasteiger partial charge in [-0.15, -0.1) is 5.10 Å². The number of rotatable bonds is 8. The highest BCUT2D eigenvalue weighted by Gasteiger charge is 2.64. The molecule has 3 aromatic carbocycles. The number of piperidine rings is 2. The molecule has 15 heteroatoms. The summed E-state index contributed by atoms with van der Waals surface area (Å²) in [6.45, 7) is 14.2. The lowest BCUT2D eigenvalue weighted by molar-refractivity contribution is -0.164. The van der Waals surface area contributed by atoms with Crippen molar-refractivity contribution in [3.63, 3.8) is 0 Å². The van der Waals surface area contributed by atoms with Crippen LogP contribution in [0.4, 0.5) is 11.4 Å². The van der Waals surface area contributed by atoms with Gasteiger partial charge < -0.3 is 19.9 Å². The van der Waals surface area contributed by atoms with Crippen molar-refractivity contribution in [2.24, 2.45) is 16.2 Å². The first kappa shape index (κ1) is 40.9. The normalized spacial score (nSPS) is 24.7. The standard InChI is InChI=1S/C46H52ClN9O5/c1-44(2)42(45(3,4)43(44)61-33-11-7-29(27-48)35(47)24-33)50-39(58)28-5-8-30(9-6-28)54-19-21-55(22-20-54)32-25-46(26-32)15-17-53(18-16-46)31-10-12-36-34(23-31)41(60)56(52-51-36)37-13-14-38(57)49-40(37)59/h5-12,23-24,32,37,42-43H,13-22,25-26H2,1-4H3,(H,50,58)(H,49,57,59). The molecule has 0 radical (unpaired) electrons. The molecule has 1 unspecified atom stereocenters. The average Bonchev–Trinajstić information content (AvgIpc) is 3.24. The molecule has 4 heterocycles. The number of hydrogen-bond donors (Lipinski definition) is 2. The van der Waals surface area contributed by atoms with E-state index in [1.807, 2.05) is 30.3 Å². The van der Waals surface area contributed by atoms with Crippen molar-refractivity contribution in [1.82, 2.24) is 30.5 Å². The number of fused-ring (bicyclic) bond motifs is 1. The molecular formula is C46H52ClN9O5. The fraction of sp³-hybridized carbons (Fsp3) is 0.500. The third-order valence-electron chi connectivity index (χ3n) is 14.5. The molecule has 5 fully saturated rings. The first-order chi connectivity index (χ1) is 29.2. The first-order valence-electron chi connectivity index (χ1n) is 21.4. The van der Waals surface area contributed by atoms with Crippen LogP contribution in [0.5, 0.6) is 5.75 Å². The van der Waals surface area contributed by atoms with Crippen LogP contribution in [-0.2, 0) is 9.59 Å². The summed E-state index contributed by atoms with van der Waals surface area (Å²) < 4.78 is 7.51. The predicted molar refractivity (Wildman–Crippen MR) is 232 cm³/mol. The molecule has 2 N–H and O–H groups in total. The number of benzene rings is 3. The van der Waals surface area contributed by atoms with E-state index in [-0.39, 0.29) is 53.2 Å². The van der Waals surface area contributed by atoms with Gasteiger partial charge in [-0.25, -0.2) is 0 Å². The minimum atomic E-state index is -0.845. The highest BCUT2D eigenvalue weighted by atomic mass is 35.5. The number of nitriles is 1. The topological polar surface area (TPSA) is 166 Å². The minimum Gasteiger partial charge on any atom is -0.489 e. The fourth-order valence-electron chi connectivity index (χ4n) is 11.2. The zero-order valence-corrected chi connectivity index (χ0v) is 35.9. The molecule has 1 aromatic heterocycles. The number of aromatic nitrogens is 3. The molecule has 61 heavy (non-hydrogen) atoms. The van der Waals surface area contributed by atoms with Gasteiger partial charge in [-0.2, -0.15) is 9.94 Å². The Bertz CT molecular complexity index is 2480. The van der Waals surface area contributed by atoms with E-state index >= 15 is 0 Å². The average molecular weight is 846 g/mol. The van der Waals surface area contributed by atoms with Crippen LogP contribution in [0.2, 0.25) is 5.02 Å². The van der Waals surface area contributed by atoms with Crippen molar-refractivity contribution < 1.29 is 19.1 Å². The lowest BCUT2D eigenvalue weighted by atomic mass is 9.49. The van der Waals surface area contributed by atoms with E-state index in [1.54, 1.807) is 18.2 Å². The summed E-state index contributed by atoms with van der Waals surface area (Å²) in [6.07, 6.45) is 4.84. The molecule has 2 saturated carbocycles. The maximum absolute atomic E-state index is 13.5. The summed E-state index contributed by atoms with van der Waals surface area (Å²) in [5.41, 5.74) is 2.92. The summed E-state index contributed by atoms with van der Waals surface area (Å²) in [5.74, 6) is -0.358. The lowest BCUT2D eigenvalue weighted by Crippen LogP contribution is -2.74. The van der Waals surface area contributed by atoms with Crippen LogP contribution in [0.3, 0.4) is 0 Å². The van der Waals surface area contributed by atoms with E-state index in [0.29, 0.717) is 44.3 Å². The number of imide groups is 1. The number of anilines is 2. The van der Waals surface area contributed by atoms with Crippen molar-refractivity contribution in [3.05, 3.63) is 87.2 Å². The van der Waals surface area contributed by atoms with Crippen molar-refractivity contribution in [3.8, 4) is 11.8 Å². The van der Waals surface area contributed by atoms with Gasteiger partial charge in [0, 0.05) is 91.6 Å². The quantitative estimate of drug-likeness (QED) is 0.216. The number of nitrogens with one attached hydrogen (secondary N) is 2. The van der Waals surface area contributed by atoms with Crippen molar-refractivity contribution >= 4 is 51.6 Å². The van der Waals surface area contributed by atoms with Gasteiger partial charge in [0.2, 0.25) is 5.91 Å². The molecule has 0 bridgehead atoms. The Balaban J connectivity index is 0.741. The third kappa shape index (κ3) is 7.39. The highest BCUT2D eigenvalue weighted by molar-refractivity contribution is 6.31. The van der Waals surface area contributed by atoms with Gasteiger partial charge in [0.05, 0.1) is 16.0 Å². The summed E-state index contributed by atoms with van der Waals surface area (Å²) in [7, 11) is 0. The zero-order valence-electron chi connectivity index (χ0n) is 35.1. The third-order valence-corrected chi connectivity index (χ3v) is 14.8. The summed E-state index contributed by atoms with van der Waals surface area (Å²) in [5, 5.41) is 23.9.